The monoisotopic (exact) mass is 739 g/mol. The van der Waals surface area contributed by atoms with Crippen molar-refractivity contribution in [2.75, 3.05) is 39.6 Å². The van der Waals surface area contributed by atoms with Crippen molar-refractivity contribution >= 4 is 11.9 Å². The summed E-state index contributed by atoms with van der Waals surface area (Å²) in [5, 5.41) is 13.4. The average molecular weight is 739 g/mol. The Morgan fingerprint density at radius 2 is 1.75 bits per heavy atom. The number of fused-ring (bicyclic) bond motifs is 3. The van der Waals surface area contributed by atoms with Gasteiger partial charge in [0.25, 0.3) is 5.95 Å². The van der Waals surface area contributed by atoms with Crippen LogP contribution in [0.5, 0.6) is 0 Å². The number of carbonyl (C=O) groups is 1. The van der Waals surface area contributed by atoms with E-state index in [-0.39, 0.29) is 69.2 Å². The molecule has 13 atom stereocenters. The van der Waals surface area contributed by atoms with E-state index in [9.17, 15) is 4.79 Å². The number of esters is 1. The quantitative estimate of drug-likeness (QED) is 0.129. The van der Waals surface area contributed by atoms with Crippen molar-refractivity contribution in [3.05, 3.63) is 11.6 Å². The van der Waals surface area contributed by atoms with E-state index in [1.54, 1.807) is 10.4 Å². The minimum absolute atomic E-state index is 0.0201. The molecule has 5 aliphatic rings. The van der Waals surface area contributed by atoms with Crippen LogP contribution in [0.15, 0.2) is 11.6 Å². The summed E-state index contributed by atoms with van der Waals surface area (Å²) >= 11 is 0. The van der Waals surface area contributed by atoms with E-state index in [1.165, 1.54) is 0 Å². The highest BCUT2D eigenvalue weighted by atomic mass is 16.5. The number of aromatic nitrogens is 4. The van der Waals surface area contributed by atoms with Gasteiger partial charge in [-0.3, -0.25) is 4.79 Å². The number of nitrogen functional groups attached to an aromatic ring is 1. The average Bonchev–Trinajstić information content (AvgIpc) is 3.51. The van der Waals surface area contributed by atoms with Gasteiger partial charge in [0.2, 0.25) is 0 Å². The summed E-state index contributed by atoms with van der Waals surface area (Å²) < 4.78 is 20.4. The van der Waals surface area contributed by atoms with E-state index in [1.807, 2.05) is 0 Å². The third-order valence-corrected chi connectivity index (χ3v) is 16.7. The summed E-state index contributed by atoms with van der Waals surface area (Å²) in [5.41, 5.74) is 6.79. The molecule has 53 heavy (non-hydrogen) atoms. The lowest BCUT2D eigenvalue weighted by Crippen LogP contribution is -2.69. The topological polar surface area (TPSA) is 118 Å². The highest BCUT2D eigenvalue weighted by Crippen LogP contribution is 2.75. The number of tetrazole rings is 1. The van der Waals surface area contributed by atoms with Crippen LogP contribution in [0.25, 0.3) is 0 Å². The molecule has 1 aromatic heterocycles. The first kappa shape index (κ1) is 40.6. The van der Waals surface area contributed by atoms with Crippen molar-refractivity contribution in [1.29, 1.82) is 0 Å². The van der Waals surface area contributed by atoms with Gasteiger partial charge in [0.15, 0.2) is 0 Å². The molecule has 0 radical (unpaired) electrons. The second kappa shape index (κ2) is 14.5. The lowest BCUT2D eigenvalue weighted by atomic mass is 9.34. The first-order valence-corrected chi connectivity index (χ1v) is 21.1. The summed E-state index contributed by atoms with van der Waals surface area (Å²) in [7, 11) is 4.30. The Morgan fingerprint density at radius 3 is 2.36 bits per heavy atom. The van der Waals surface area contributed by atoms with Crippen molar-refractivity contribution in [3.8, 4) is 0 Å². The molecule has 3 saturated carbocycles. The fourth-order valence-electron chi connectivity index (χ4n) is 13.7. The number of ether oxygens (including phenoxy) is 3. The molecule has 4 aliphatic carbocycles. The summed E-state index contributed by atoms with van der Waals surface area (Å²) in [6.07, 6.45) is 10.3. The van der Waals surface area contributed by atoms with Gasteiger partial charge in [0.1, 0.15) is 6.04 Å². The number of nitrogens with two attached hydrogens (primary N) is 1. The Hall–Kier alpha value is -2.04. The molecule has 300 valence electrons. The van der Waals surface area contributed by atoms with Crippen molar-refractivity contribution in [2.24, 2.45) is 62.6 Å². The first-order chi connectivity index (χ1) is 24.8. The number of carbonyl (C=O) groups excluding carboxylic acids is 1. The molecule has 0 spiro atoms. The van der Waals surface area contributed by atoms with Gasteiger partial charge in [-0.25, -0.2) is 0 Å². The van der Waals surface area contributed by atoms with Gasteiger partial charge in [-0.15, -0.1) is 5.10 Å². The van der Waals surface area contributed by atoms with E-state index in [0.717, 1.165) is 51.4 Å². The molecular formula is C43H74N6O4. The Kier molecular flexibility index (Phi) is 11.1. The van der Waals surface area contributed by atoms with Crippen LogP contribution < -0.4 is 5.73 Å². The minimum atomic E-state index is -0.275. The Morgan fingerprint density at radius 1 is 1.04 bits per heavy atom. The zero-order valence-electron chi connectivity index (χ0n) is 35.6. The summed E-state index contributed by atoms with van der Waals surface area (Å²) in [6, 6.07) is 0.0987. The largest absolute Gasteiger partial charge is 0.465 e. The van der Waals surface area contributed by atoms with E-state index < -0.39 is 0 Å². The van der Waals surface area contributed by atoms with Crippen LogP contribution in [0.2, 0.25) is 0 Å². The number of rotatable bonds is 12. The Labute approximate surface area is 321 Å². The van der Waals surface area contributed by atoms with Crippen molar-refractivity contribution in [2.45, 2.75) is 152 Å². The number of hydrogen-bond acceptors (Lipinski definition) is 9. The molecule has 2 bridgehead atoms. The second-order valence-electron chi connectivity index (χ2n) is 20.2. The maximum absolute atomic E-state index is 14.6. The number of likely N-dealkylation sites (N-methyl/N-ethyl adjacent to an activating group) is 1. The molecule has 10 nitrogen and oxygen atoms in total. The fraction of sp³-hybridized carbons (Fsp3) is 0.907. The predicted molar refractivity (Wildman–Crippen MR) is 210 cm³/mol. The molecule has 1 aliphatic heterocycles. The second-order valence-corrected chi connectivity index (χ2v) is 20.2. The molecule has 6 rings (SSSR count). The third-order valence-electron chi connectivity index (χ3n) is 16.7. The van der Waals surface area contributed by atoms with Gasteiger partial charge in [-0.05, 0) is 117 Å². The predicted octanol–water partition coefficient (Wildman–Crippen LogP) is 8.00. The molecule has 2 heterocycles. The molecule has 4 fully saturated rings. The fourth-order valence-corrected chi connectivity index (χ4v) is 13.7. The van der Waals surface area contributed by atoms with E-state index in [4.69, 9.17) is 19.9 Å². The van der Waals surface area contributed by atoms with Gasteiger partial charge in [0, 0.05) is 16.9 Å². The van der Waals surface area contributed by atoms with Gasteiger partial charge in [-0.2, -0.15) is 4.80 Å². The number of anilines is 1. The normalized spacial score (nSPS) is 41.3. The number of allylic oxidation sites excluding steroid dienone is 1. The van der Waals surface area contributed by atoms with Crippen molar-refractivity contribution in [1.82, 2.24) is 25.1 Å². The molecule has 10 heteroatoms. The SMILES string of the molecule is CCCCOC(=O)[C@@H]1[C@@](C)([C@H](C)C(C)C)CC[C@]2(C)[C@H]3CC[C@@H]4[C@@]5(COC[C@]4(C)[C@@H](OC(C)C(C(C)C)N(C)C)[C@H](n4nnc(N)n4)C5)C3=CC[C@@]12C. The van der Waals surface area contributed by atoms with Gasteiger partial charge >= 0.3 is 5.97 Å². The molecule has 1 saturated heterocycles. The lowest BCUT2D eigenvalue weighted by molar-refractivity contribution is -0.262. The molecular weight excluding hydrogens is 665 g/mol. The first-order valence-electron chi connectivity index (χ1n) is 21.1. The van der Waals surface area contributed by atoms with Crippen LogP contribution in [0.3, 0.4) is 0 Å². The van der Waals surface area contributed by atoms with Gasteiger partial charge in [-0.1, -0.05) is 92.4 Å². The number of nitrogens with zero attached hydrogens (tertiary/aromatic N) is 5. The standard InChI is InChI=1S/C43H74N6O4/c1-14-15-22-52-37(50)35-39(8,28(6)26(2)3)20-21-41(10)30-16-17-33-40(9)24-51-25-43(33,31(30)18-19-42(35,41)11)23-32(49-46-38(44)45-47-49)36(40)53-29(7)34(27(4)5)48(12)13/h18,26-30,32-36H,14-17,19-25H2,1-13H3,(H2,44,46)/t28-,29?,30+,32-,33+,34?,35-,36+,39-,40+,41-,42+,43+/m1/s1. The van der Waals surface area contributed by atoms with Crippen LogP contribution in [0, 0.1) is 62.6 Å². The van der Waals surface area contributed by atoms with Gasteiger partial charge < -0.3 is 24.8 Å². The zero-order valence-corrected chi connectivity index (χ0v) is 35.6. The van der Waals surface area contributed by atoms with Crippen LogP contribution in [-0.4, -0.2) is 83.2 Å². The minimum Gasteiger partial charge on any atom is -0.465 e. The van der Waals surface area contributed by atoms with Crippen LogP contribution >= 0.6 is 0 Å². The van der Waals surface area contributed by atoms with E-state index in [0.29, 0.717) is 49.4 Å². The Balaban J connectivity index is 1.44. The summed E-state index contributed by atoms with van der Waals surface area (Å²) in [6.45, 7) is 27.6. The highest BCUT2D eigenvalue weighted by Gasteiger charge is 2.72. The number of unbranched alkanes of at least 4 members (excludes halogenated alkanes) is 1. The molecule has 0 aromatic carbocycles. The maximum atomic E-state index is 14.6. The van der Waals surface area contributed by atoms with E-state index in [2.05, 4.69) is 117 Å². The van der Waals surface area contributed by atoms with Crippen LogP contribution in [0.1, 0.15) is 134 Å². The highest BCUT2D eigenvalue weighted by molar-refractivity contribution is 5.75. The van der Waals surface area contributed by atoms with Gasteiger partial charge in [0.05, 0.1) is 37.9 Å². The number of hydrogen-bond donors (Lipinski definition) is 1. The molecule has 2 unspecified atom stereocenters. The summed E-state index contributed by atoms with van der Waals surface area (Å²) in [5.74, 6) is 2.06. The maximum Gasteiger partial charge on any atom is 0.310 e. The molecule has 1 aromatic rings. The van der Waals surface area contributed by atoms with Crippen molar-refractivity contribution in [3.63, 3.8) is 0 Å². The lowest BCUT2D eigenvalue weighted by Gasteiger charge is -2.71. The molecule has 0 amide bonds. The van der Waals surface area contributed by atoms with E-state index >= 15 is 0 Å². The summed E-state index contributed by atoms with van der Waals surface area (Å²) in [4.78, 5) is 18.6. The van der Waals surface area contributed by atoms with Crippen LogP contribution in [0.4, 0.5) is 5.95 Å². The van der Waals surface area contributed by atoms with Crippen molar-refractivity contribution < 1.29 is 19.0 Å². The zero-order chi connectivity index (χ0) is 38.9. The third kappa shape index (κ3) is 6.22. The molecule has 2 N–H and O–H groups in total. The smallest absolute Gasteiger partial charge is 0.310 e. The Bertz CT molecular complexity index is 1500. The van der Waals surface area contributed by atoms with Crippen LogP contribution in [-0.2, 0) is 19.0 Å².